The first-order valence-electron chi connectivity index (χ1n) is 6.13. The van der Waals surface area contributed by atoms with Crippen molar-refractivity contribution in [2.75, 3.05) is 24.5 Å². The summed E-state index contributed by atoms with van der Waals surface area (Å²) in [6.07, 6.45) is -2.69. The minimum Gasteiger partial charge on any atom is -0.350 e. The summed E-state index contributed by atoms with van der Waals surface area (Å²) in [5.41, 5.74) is -0.815. The van der Waals surface area contributed by atoms with E-state index in [1.165, 1.54) is 0 Å². The zero-order chi connectivity index (χ0) is 14.0. The van der Waals surface area contributed by atoms with Crippen LogP contribution in [0.5, 0.6) is 0 Å². The van der Waals surface area contributed by atoms with Gasteiger partial charge in [0.1, 0.15) is 5.82 Å². The molecule has 1 aliphatic heterocycles. The molecule has 0 aromatic carbocycles. The number of piperazine rings is 1. The lowest BCUT2D eigenvalue weighted by Gasteiger charge is -2.37. The van der Waals surface area contributed by atoms with Gasteiger partial charge in [0.05, 0.1) is 10.6 Å². The van der Waals surface area contributed by atoms with E-state index in [4.69, 9.17) is 11.6 Å². The Morgan fingerprint density at radius 1 is 1.53 bits per heavy atom. The lowest BCUT2D eigenvalue weighted by molar-refractivity contribution is -0.137. The van der Waals surface area contributed by atoms with Crippen molar-refractivity contribution in [3.63, 3.8) is 0 Å². The molecule has 0 spiro atoms. The van der Waals surface area contributed by atoms with E-state index < -0.39 is 11.7 Å². The first kappa shape index (κ1) is 14.4. The molecular weight excluding hydrogens is 279 g/mol. The summed E-state index contributed by atoms with van der Waals surface area (Å²) < 4.78 is 37.7. The number of hydrogen-bond donors (Lipinski definition) is 1. The highest BCUT2D eigenvalue weighted by Gasteiger charge is 2.32. The first-order chi connectivity index (χ1) is 8.93. The van der Waals surface area contributed by atoms with Crippen LogP contribution in [0.2, 0.25) is 5.02 Å². The van der Waals surface area contributed by atoms with Crippen LogP contribution in [0.25, 0.3) is 0 Å². The summed E-state index contributed by atoms with van der Waals surface area (Å²) >= 11 is 5.97. The highest BCUT2D eigenvalue weighted by atomic mass is 35.5. The summed E-state index contributed by atoms with van der Waals surface area (Å²) in [5, 5.41) is 3.30. The van der Waals surface area contributed by atoms with E-state index in [1.807, 2.05) is 11.8 Å². The molecule has 0 radical (unpaired) electrons. The molecule has 106 valence electrons. The second-order valence-corrected chi connectivity index (χ2v) is 4.89. The Kier molecular flexibility index (Phi) is 4.20. The molecule has 2 rings (SSSR count). The van der Waals surface area contributed by atoms with Crippen molar-refractivity contribution in [3.8, 4) is 0 Å². The zero-order valence-corrected chi connectivity index (χ0v) is 11.2. The molecule has 1 atom stereocenters. The Balaban J connectivity index is 2.30. The van der Waals surface area contributed by atoms with Gasteiger partial charge in [-0.2, -0.15) is 13.2 Å². The topological polar surface area (TPSA) is 28.2 Å². The maximum absolute atomic E-state index is 12.6. The predicted octanol–water partition coefficient (Wildman–Crippen LogP) is 2.94. The predicted molar refractivity (Wildman–Crippen MR) is 68.5 cm³/mol. The van der Waals surface area contributed by atoms with Crippen molar-refractivity contribution < 1.29 is 13.2 Å². The quantitative estimate of drug-likeness (QED) is 0.909. The van der Waals surface area contributed by atoms with Gasteiger partial charge in [-0.15, -0.1) is 0 Å². The molecule has 1 unspecified atom stereocenters. The number of nitrogens with zero attached hydrogens (tertiary/aromatic N) is 2. The number of anilines is 1. The van der Waals surface area contributed by atoms with Crippen LogP contribution >= 0.6 is 11.6 Å². The molecule has 0 amide bonds. The zero-order valence-electron chi connectivity index (χ0n) is 10.5. The van der Waals surface area contributed by atoms with Crippen molar-refractivity contribution >= 4 is 17.4 Å². The van der Waals surface area contributed by atoms with E-state index in [-0.39, 0.29) is 11.1 Å². The van der Waals surface area contributed by atoms with Crippen molar-refractivity contribution in [3.05, 3.63) is 22.8 Å². The molecule has 19 heavy (non-hydrogen) atoms. The second-order valence-electron chi connectivity index (χ2n) is 4.49. The molecule has 1 saturated heterocycles. The minimum atomic E-state index is -4.41. The largest absolute Gasteiger partial charge is 0.417 e. The molecule has 0 aliphatic carbocycles. The normalized spacial score (nSPS) is 20.7. The Labute approximate surface area is 114 Å². The smallest absolute Gasteiger partial charge is 0.350 e. The Morgan fingerprint density at radius 3 is 2.84 bits per heavy atom. The highest BCUT2D eigenvalue weighted by Crippen LogP contribution is 2.34. The second kappa shape index (κ2) is 5.54. The van der Waals surface area contributed by atoms with Gasteiger partial charge < -0.3 is 10.2 Å². The molecule has 0 saturated carbocycles. The number of pyridine rings is 1. The minimum absolute atomic E-state index is 0.0511. The van der Waals surface area contributed by atoms with E-state index in [1.54, 1.807) is 0 Å². The number of rotatable bonds is 2. The fraction of sp³-hybridized carbons (Fsp3) is 0.583. The summed E-state index contributed by atoms with van der Waals surface area (Å²) in [6.45, 7) is 4.28. The van der Waals surface area contributed by atoms with Crippen LogP contribution in [-0.4, -0.2) is 30.7 Å². The lowest BCUT2D eigenvalue weighted by atomic mass is 10.1. The van der Waals surface area contributed by atoms with Crippen LogP contribution in [0.3, 0.4) is 0 Å². The average molecular weight is 294 g/mol. The van der Waals surface area contributed by atoms with Crippen LogP contribution in [-0.2, 0) is 6.18 Å². The van der Waals surface area contributed by atoms with Crippen LogP contribution in [0.1, 0.15) is 18.9 Å². The monoisotopic (exact) mass is 293 g/mol. The number of hydrogen-bond acceptors (Lipinski definition) is 3. The maximum atomic E-state index is 12.6. The van der Waals surface area contributed by atoms with Crippen molar-refractivity contribution in [1.29, 1.82) is 0 Å². The fourth-order valence-electron chi connectivity index (χ4n) is 2.20. The van der Waals surface area contributed by atoms with Crippen LogP contribution in [0.4, 0.5) is 19.0 Å². The van der Waals surface area contributed by atoms with Crippen LogP contribution in [0.15, 0.2) is 12.3 Å². The Bertz CT molecular complexity index is 450. The molecule has 1 fully saturated rings. The summed E-state index contributed by atoms with van der Waals surface area (Å²) in [5.74, 6) is 0.433. The van der Waals surface area contributed by atoms with E-state index in [0.717, 1.165) is 31.8 Å². The molecule has 1 aromatic rings. The molecule has 1 aliphatic rings. The standard InChI is InChI=1S/C12H15ClF3N3/c1-2-9-7-17-3-4-19(9)11-10(13)5-8(6-18-11)12(14,15)16/h5-6,9,17H,2-4,7H2,1H3. The fourth-order valence-corrected chi connectivity index (χ4v) is 2.48. The van der Waals surface area contributed by atoms with Crippen LogP contribution in [0, 0.1) is 0 Å². The summed E-state index contributed by atoms with van der Waals surface area (Å²) in [4.78, 5) is 5.88. The first-order valence-corrected chi connectivity index (χ1v) is 6.51. The van der Waals surface area contributed by atoms with Gasteiger partial charge in [-0.3, -0.25) is 0 Å². The van der Waals surface area contributed by atoms with Crippen LogP contribution < -0.4 is 10.2 Å². The molecule has 2 heterocycles. The third kappa shape index (κ3) is 3.12. The molecule has 1 aromatic heterocycles. The van der Waals surface area contributed by atoms with Crippen molar-refractivity contribution in [2.24, 2.45) is 0 Å². The summed E-state index contributed by atoms with van der Waals surface area (Å²) in [6, 6.07) is 1.15. The highest BCUT2D eigenvalue weighted by molar-refractivity contribution is 6.33. The van der Waals surface area contributed by atoms with Gasteiger partial charge >= 0.3 is 6.18 Å². The Hall–Kier alpha value is -1.01. The SMILES string of the molecule is CCC1CNCCN1c1ncc(C(F)(F)F)cc1Cl. The third-order valence-electron chi connectivity index (χ3n) is 3.24. The van der Waals surface area contributed by atoms with E-state index in [0.29, 0.717) is 12.4 Å². The van der Waals surface area contributed by atoms with Gasteiger partial charge in [-0.25, -0.2) is 4.98 Å². The third-order valence-corrected chi connectivity index (χ3v) is 3.52. The van der Waals surface area contributed by atoms with Gasteiger partial charge in [-0.05, 0) is 12.5 Å². The molecule has 3 nitrogen and oxygen atoms in total. The van der Waals surface area contributed by atoms with Crippen molar-refractivity contribution in [1.82, 2.24) is 10.3 Å². The summed E-state index contributed by atoms with van der Waals surface area (Å²) in [7, 11) is 0. The van der Waals surface area contributed by atoms with Gasteiger partial charge in [0.15, 0.2) is 0 Å². The maximum Gasteiger partial charge on any atom is 0.417 e. The van der Waals surface area contributed by atoms with E-state index >= 15 is 0 Å². The molecule has 1 N–H and O–H groups in total. The van der Waals surface area contributed by atoms with Gasteiger partial charge in [-0.1, -0.05) is 18.5 Å². The van der Waals surface area contributed by atoms with E-state index in [2.05, 4.69) is 10.3 Å². The molecule has 7 heteroatoms. The molecule has 0 bridgehead atoms. The number of nitrogens with one attached hydrogen (secondary N) is 1. The van der Waals surface area contributed by atoms with Gasteiger partial charge in [0.25, 0.3) is 0 Å². The number of halogens is 4. The van der Waals surface area contributed by atoms with Gasteiger partial charge in [0, 0.05) is 31.9 Å². The van der Waals surface area contributed by atoms with E-state index in [9.17, 15) is 13.2 Å². The molecular formula is C12H15ClF3N3. The van der Waals surface area contributed by atoms with Gasteiger partial charge in [0.2, 0.25) is 0 Å². The van der Waals surface area contributed by atoms with Crippen molar-refractivity contribution in [2.45, 2.75) is 25.6 Å². The lowest BCUT2D eigenvalue weighted by Crippen LogP contribution is -2.51. The Morgan fingerprint density at radius 2 is 2.26 bits per heavy atom. The number of aromatic nitrogens is 1. The number of alkyl halides is 3. The average Bonchev–Trinajstić information content (AvgIpc) is 2.37.